The number of fused-ring (bicyclic) bond motifs is 1. The van der Waals surface area contributed by atoms with E-state index in [2.05, 4.69) is 31.7 Å². The van der Waals surface area contributed by atoms with Crippen molar-refractivity contribution in [2.75, 3.05) is 19.8 Å². The molecular weight excluding hydrogens is 284 g/mol. The first-order valence-corrected chi connectivity index (χ1v) is 8.75. The minimum Gasteiger partial charge on any atom is -0.376 e. The number of rotatable bonds is 9. The summed E-state index contributed by atoms with van der Waals surface area (Å²) < 4.78 is 5.68. The lowest BCUT2D eigenvalue weighted by Gasteiger charge is -2.26. The van der Waals surface area contributed by atoms with Crippen molar-refractivity contribution in [3.05, 3.63) is 47.0 Å². The number of hydrogen-bond donors (Lipinski definition) is 2. The molecule has 0 saturated heterocycles. The first-order valence-electron chi connectivity index (χ1n) is 8.75. The van der Waals surface area contributed by atoms with Crippen molar-refractivity contribution in [2.45, 2.75) is 44.9 Å². The van der Waals surface area contributed by atoms with E-state index < -0.39 is 0 Å². The molecule has 0 aromatic heterocycles. The lowest BCUT2D eigenvalue weighted by Crippen LogP contribution is -2.20. The highest BCUT2D eigenvalue weighted by Crippen LogP contribution is 2.30. The maximum atomic E-state index is 7.12. The second-order valence-electron chi connectivity index (χ2n) is 6.68. The van der Waals surface area contributed by atoms with Crippen LogP contribution < -0.4 is 5.73 Å². The van der Waals surface area contributed by atoms with E-state index >= 15 is 0 Å². The van der Waals surface area contributed by atoms with Crippen LogP contribution in [0.5, 0.6) is 0 Å². The molecule has 0 bridgehead atoms. The monoisotopic (exact) mass is 314 g/mol. The normalized spacial score (nSPS) is 18.3. The van der Waals surface area contributed by atoms with Gasteiger partial charge in [-0.3, -0.25) is 0 Å². The van der Waals surface area contributed by atoms with Gasteiger partial charge in [0.15, 0.2) is 0 Å². The Morgan fingerprint density at radius 3 is 3.00 bits per heavy atom. The highest BCUT2D eigenvalue weighted by Gasteiger charge is 2.20. The summed E-state index contributed by atoms with van der Waals surface area (Å²) in [6.07, 6.45) is 7.01. The Morgan fingerprint density at radius 2 is 2.30 bits per heavy atom. The standard InChI is InChI=1S/C20H30N2O/c1-3-4-20(12-22)19-8-7-17-9-16(5-6-18(17)10-19)14-23-13-15(2)11-21/h7-8,10-11,16,20-21H,2-6,9,12-14,22H2,1H3. The Morgan fingerprint density at radius 1 is 1.48 bits per heavy atom. The average molecular weight is 314 g/mol. The lowest BCUT2D eigenvalue weighted by molar-refractivity contribution is 0.114. The summed E-state index contributed by atoms with van der Waals surface area (Å²) in [7, 11) is 0. The molecule has 0 amide bonds. The maximum absolute atomic E-state index is 7.12. The van der Waals surface area contributed by atoms with Crippen LogP contribution in [0.2, 0.25) is 0 Å². The van der Waals surface area contributed by atoms with E-state index in [1.165, 1.54) is 42.2 Å². The van der Waals surface area contributed by atoms with Crippen LogP contribution in [0.1, 0.15) is 48.8 Å². The van der Waals surface area contributed by atoms with Gasteiger partial charge in [0, 0.05) is 6.21 Å². The molecule has 2 unspecified atom stereocenters. The molecule has 0 heterocycles. The predicted octanol–water partition coefficient (Wildman–Crippen LogP) is 3.86. The van der Waals surface area contributed by atoms with Gasteiger partial charge in [-0.15, -0.1) is 0 Å². The minimum atomic E-state index is 0.473. The molecule has 2 atom stereocenters. The largest absolute Gasteiger partial charge is 0.376 e. The van der Waals surface area contributed by atoms with Gasteiger partial charge in [0.05, 0.1) is 13.2 Å². The molecular formula is C20H30N2O. The molecule has 3 nitrogen and oxygen atoms in total. The average Bonchev–Trinajstić information content (AvgIpc) is 2.59. The van der Waals surface area contributed by atoms with Crippen molar-refractivity contribution < 1.29 is 4.74 Å². The molecule has 0 aliphatic heterocycles. The second kappa shape index (κ2) is 8.99. The van der Waals surface area contributed by atoms with E-state index in [4.69, 9.17) is 15.9 Å². The van der Waals surface area contributed by atoms with E-state index in [9.17, 15) is 0 Å². The van der Waals surface area contributed by atoms with Gasteiger partial charge in [0.2, 0.25) is 0 Å². The summed E-state index contributed by atoms with van der Waals surface area (Å²) in [4.78, 5) is 0. The maximum Gasteiger partial charge on any atom is 0.0725 e. The zero-order chi connectivity index (χ0) is 16.7. The molecule has 0 radical (unpaired) electrons. The van der Waals surface area contributed by atoms with E-state index in [0.29, 0.717) is 18.4 Å². The van der Waals surface area contributed by atoms with Crippen LogP contribution in [-0.2, 0) is 17.6 Å². The highest BCUT2D eigenvalue weighted by molar-refractivity contribution is 5.74. The molecule has 1 aliphatic carbocycles. The summed E-state index contributed by atoms with van der Waals surface area (Å²) >= 11 is 0. The van der Waals surface area contributed by atoms with Crippen LogP contribution in [0.3, 0.4) is 0 Å². The number of nitrogens with one attached hydrogen (secondary N) is 1. The van der Waals surface area contributed by atoms with Gasteiger partial charge in [-0.25, -0.2) is 0 Å². The Kier molecular flexibility index (Phi) is 7.00. The van der Waals surface area contributed by atoms with Crippen LogP contribution in [0.4, 0.5) is 0 Å². The van der Waals surface area contributed by atoms with Gasteiger partial charge in [-0.05, 0) is 66.3 Å². The van der Waals surface area contributed by atoms with Crippen molar-refractivity contribution in [2.24, 2.45) is 11.7 Å². The number of nitrogens with two attached hydrogens (primary N) is 1. The van der Waals surface area contributed by atoms with Gasteiger partial charge in [0.1, 0.15) is 0 Å². The van der Waals surface area contributed by atoms with E-state index in [0.717, 1.165) is 31.6 Å². The third-order valence-corrected chi connectivity index (χ3v) is 4.80. The van der Waals surface area contributed by atoms with Gasteiger partial charge in [0.25, 0.3) is 0 Å². The van der Waals surface area contributed by atoms with Crippen molar-refractivity contribution >= 4 is 6.21 Å². The van der Waals surface area contributed by atoms with Crippen LogP contribution in [0, 0.1) is 11.3 Å². The molecule has 126 valence electrons. The molecule has 0 fully saturated rings. The van der Waals surface area contributed by atoms with Crippen molar-refractivity contribution in [1.82, 2.24) is 0 Å². The first-order chi connectivity index (χ1) is 11.2. The topological polar surface area (TPSA) is 59.1 Å². The number of ether oxygens (including phenoxy) is 1. The van der Waals surface area contributed by atoms with Crippen LogP contribution in [0.25, 0.3) is 0 Å². The van der Waals surface area contributed by atoms with Crippen LogP contribution in [0.15, 0.2) is 30.4 Å². The molecule has 0 spiro atoms. The molecule has 0 saturated carbocycles. The lowest BCUT2D eigenvalue weighted by atomic mass is 9.82. The molecule has 3 heteroatoms. The van der Waals surface area contributed by atoms with Gasteiger partial charge in [-0.2, -0.15) is 0 Å². The molecule has 1 aliphatic rings. The number of benzene rings is 1. The Hall–Kier alpha value is -1.45. The fourth-order valence-corrected chi connectivity index (χ4v) is 3.41. The summed E-state index contributed by atoms with van der Waals surface area (Å²) in [6, 6.07) is 6.95. The molecule has 2 rings (SSSR count). The number of hydrogen-bond acceptors (Lipinski definition) is 3. The van der Waals surface area contributed by atoms with Crippen molar-refractivity contribution in [3.8, 4) is 0 Å². The quantitative estimate of drug-likeness (QED) is 0.680. The van der Waals surface area contributed by atoms with Crippen LogP contribution in [-0.4, -0.2) is 26.0 Å². The third-order valence-electron chi connectivity index (χ3n) is 4.80. The number of aryl methyl sites for hydroxylation is 1. The highest BCUT2D eigenvalue weighted by atomic mass is 16.5. The smallest absolute Gasteiger partial charge is 0.0725 e. The fourth-order valence-electron chi connectivity index (χ4n) is 3.41. The zero-order valence-corrected chi connectivity index (χ0v) is 14.3. The fraction of sp³-hybridized carbons (Fsp3) is 0.550. The SMILES string of the molecule is C=C(C=N)COCC1CCc2cc(C(CN)CCC)ccc2C1. The van der Waals surface area contributed by atoms with Crippen LogP contribution >= 0.6 is 0 Å². The summed E-state index contributed by atoms with van der Waals surface area (Å²) in [6.45, 7) is 7.95. The van der Waals surface area contributed by atoms with Gasteiger partial charge >= 0.3 is 0 Å². The summed E-state index contributed by atoms with van der Waals surface area (Å²) in [5.74, 6) is 1.08. The van der Waals surface area contributed by atoms with Crippen molar-refractivity contribution in [1.29, 1.82) is 5.41 Å². The molecule has 1 aromatic carbocycles. The summed E-state index contributed by atoms with van der Waals surface area (Å²) in [5, 5.41) is 7.12. The van der Waals surface area contributed by atoms with E-state index in [-0.39, 0.29) is 0 Å². The van der Waals surface area contributed by atoms with Gasteiger partial charge < -0.3 is 15.9 Å². The Labute approximate surface area is 140 Å². The predicted molar refractivity (Wildman–Crippen MR) is 97.4 cm³/mol. The van der Waals surface area contributed by atoms with Gasteiger partial charge in [-0.1, -0.05) is 38.1 Å². The third kappa shape index (κ3) is 5.02. The second-order valence-corrected chi connectivity index (χ2v) is 6.68. The van der Waals surface area contributed by atoms with E-state index in [1.54, 1.807) is 0 Å². The first kappa shape index (κ1) is 17.9. The Bertz CT molecular complexity index is 538. The molecule has 1 aromatic rings. The van der Waals surface area contributed by atoms with Crippen molar-refractivity contribution in [3.63, 3.8) is 0 Å². The Balaban J connectivity index is 1.94. The zero-order valence-electron chi connectivity index (χ0n) is 14.3. The molecule has 23 heavy (non-hydrogen) atoms. The minimum absolute atomic E-state index is 0.473. The molecule has 3 N–H and O–H groups in total. The summed E-state index contributed by atoms with van der Waals surface area (Å²) in [5.41, 5.74) is 11.0. The van der Waals surface area contributed by atoms with E-state index in [1.807, 2.05) is 0 Å².